The summed E-state index contributed by atoms with van der Waals surface area (Å²) < 4.78 is 45.3. The monoisotopic (exact) mass is 399 g/mol. The minimum Gasteiger partial charge on any atom is -0.495 e. The molecule has 0 spiro atoms. The fourth-order valence-corrected chi connectivity index (χ4v) is 2.72. The first-order valence-electron chi connectivity index (χ1n) is 8.33. The molecule has 4 N–H and O–H groups in total. The topological polar surface area (TPSA) is 99.9 Å². The van der Waals surface area contributed by atoms with Crippen molar-refractivity contribution in [2.75, 3.05) is 18.6 Å². The van der Waals surface area contributed by atoms with E-state index in [1.165, 1.54) is 18.3 Å². The van der Waals surface area contributed by atoms with E-state index in [-0.39, 0.29) is 23.0 Å². The summed E-state index contributed by atoms with van der Waals surface area (Å²) in [4.78, 5) is 12.2. The van der Waals surface area contributed by atoms with Crippen molar-refractivity contribution in [1.82, 2.24) is 15.0 Å². The van der Waals surface area contributed by atoms with Crippen molar-refractivity contribution in [2.45, 2.75) is 13.1 Å². The average molecular weight is 399 g/mol. The van der Waals surface area contributed by atoms with E-state index < -0.39 is 11.7 Å². The maximum absolute atomic E-state index is 13.4. The normalized spacial score (nSPS) is 10.9. The minimum atomic E-state index is -4.60. The summed E-state index contributed by atoms with van der Waals surface area (Å²) in [6.07, 6.45) is -3.11. The van der Waals surface area contributed by atoms with Crippen LogP contribution in [0.1, 0.15) is 22.4 Å². The number of alkyl halides is 3. The maximum Gasteiger partial charge on any atom is 0.419 e. The SMILES string of the molecule is COc1c(-c2nc(N)nc(C)c2C#Cc2ccc(N)nc2)cccc1C(F)(F)F. The Morgan fingerprint density at radius 1 is 1.03 bits per heavy atom. The first kappa shape index (κ1) is 19.9. The van der Waals surface area contributed by atoms with Crippen LogP contribution >= 0.6 is 0 Å². The van der Waals surface area contributed by atoms with Crippen LogP contribution in [-0.2, 0) is 6.18 Å². The maximum atomic E-state index is 13.4. The van der Waals surface area contributed by atoms with Gasteiger partial charge in [-0.3, -0.25) is 0 Å². The summed E-state index contributed by atoms with van der Waals surface area (Å²) in [5, 5.41) is 0. The fraction of sp³-hybridized carbons (Fsp3) is 0.150. The number of ether oxygens (including phenoxy) is 1. The van der Waals surface area contributed by atoms with E-state index >= 15 is 0 Å². The van der Waals surface area contributed by atoms with Gasteiger partial charge in [-0.25, -0.2) is 15.0 Å². The molecule has 0 fully saturated rings. The third kappa shape index (κ3) is 4.21. The lowest BCUT2D eigenvalue weighted by molar-refractivity contribution is -0.138. The minimum absolute atomic E-state index is 0.0864. The number of rotatable bonds is 2. The fourth-order valence-electron chi connectivity index (χ4n) is 2.72. The molecule has 0 saturated carbocycles. The van der Waals surface area contributed by atoms with E-state index in [4.69, 9.17) is 16.2 Å². The Morgan fingerprint density at radius 2 is 1.79 bits per heavy atom. The Hall–Kier alpha value is -3.80. The van der Waals surface area contributed by atoms with Gasteiger partial charge in [-0.05, 0) is 31.2 Å². The molecule has 3 aromatic rings. The lowest BCUT2D eigenvalue weighted by atomic mass is 10.0. The van der Waals surface area contributed by atoms with Gasteiger partial charge in [-0.2, -0.15) is 13.2 Å². The molecule has 3 rings (SSSR count). The van der Waals surface area contributed by atoms with Crippen molar-refractivity contribution >= 4 is 11.8 Å². The van der Waals surface area contributed by atoms with Gasteiger partial charge in [0.15, 0.2) is 0 Å². The zero-order valence-electron chi connectivity index (χ0n) is 15.5. The lowest BCUT2D eigenvalue weighted by Gasteiger charge is -2.16. The molecule has 148 valence electrons. The number of hydrogen-bond donors (Lipinski definition) is 2. The molecule has 0 radical (unpaired) electrons. The molecule has 0 bridgehead atoms. The van der Waals surface area contributed by atoms with Crippen LogP contribution in [0.5, 0.6) is 5.75 Å². The number of nitrogen functional groups attached to an aromatic ring is 2. The molecule has 0 amide bonds. The zero-order valence-corrected chi connectivity index (χ0v) is 15.5. The number of aromatic nitrogens is 3. The molecular formula is C20H16F3N5O. The molecule has 2 heterocycles. The second-order valence-electron chi connectivity index (χ2n) is 6.00. The molecule has 0 unspecified atom stereocenters. The summed E-state index contributed by atoms with van der Waals surface area (Å²) in [5.41, 5.74) is 12.0. The van der Waals surface area contributed by atoms with E-state index in [1.807, 2.05) is 0 Å². The number of halogens is 3. The largest absolute Gasteiger partial charge is 0.495 e. The van der Waals surface area contributed by atoms with Gasteiger partial charge in [0.2, 0.25) is 5.95 Å². The van der Waals surface area contributed by atoms with E-state index in [0.717, 1.165) is 13.2 Å². The third-order valence-corrected chi connectivity index (χ3v) is 4.01. The van der Waals surface area contributed by atoms with Gasteiger partial charge in [-0.1, -0.05) is 17.9 Å². The Labute approximate surface area is 164 Å². The quantitative estimate of drug-likeness (QED) is 0.641. The zero-order chi connectivity index (χ0) is 21.2. The number of nitrogens with zero attached hydrogens (tertiary/aromatic N) is 3. The molecule has 1 aromatic carbocycles. The first-order chi connectivity index (χ1) is 13.7. The van der Waals surface area contributed by atoms with Gasteiger partial charge < -0.3 is 16.2 Å². The van der Waals surface area contributed by atoms with Crippen LogP contribution in [0.2, 0.25) is 0 Å². The van der Waals surface area contributed by atoms with Gasteiger partial charge >= 0.3 is 6.18 Å². The Bertz CT molecular complexity index is 1120. The molecular weight excluding hydrogens is 383 g/mol. The standard InChI is InChI=1S/C20H16F3N5O/c1-11-13(8-6-12-7-9-16(24)26-10-12)17(28-19(25)27-11)14-4-3-5-15(18(14)29-2)20(21,22)23/h3-5,7,9-10H,1-2H3,(H2,24,26)(H2,25,27,28). The number of pyridine rings is 1. The summed E-state index contributed by atoms with van der Waals surface area (Å²) in [6, 6.07) is 6.94. The summed E-state index contributed by atoms with van der Waals surface area (Å²) in [5.74, 6) is 5.69. The molecule has 0 saturated heterocycles. The highest BCUT2D eigenvalue weighted by Crippen LogP contribution is 2.42. The van der Waals surface area contributed by atoms with E-state index in [9.17, 15) is 13.2 Å². The van der Waals surface area contributed by atoms with Crippen LogP contribution in [0.25, 0.3) is 11.3 Å². The highest BCUT2D eigenvalue weighted by molar-refractivity contribution is 5.76. The first-order valence-corrected chi connectivity index (χ1v) is 8.33. The van der Waals surface area contributed by atoms with Gasteiger partial charge in [-0.15, -0.1) is 0 Å². The smallest absolute Gasteiger partial charge is 0.419 e. The lowest BCUT2D eigenvalue weighted by Crippen LogP contribution is -2.09. The second kappa shape index (κ2) is 7.67. The van der Waals surface area contributed by atoms with Gasteiger partial charge in [0.05, 0.1) is 29.6 Å². The molecule has 0 aliphatic carbocycles. The van der Waals surface area contributed by atoms with Crippen LogP contribution in [0, 0.1) is 18.8 Å². The molecule has 0 aliphatic rings. The van der Waals surface area contributed by atoms with Gasteiger partial charge in [0, 0.05) is 17.3 Å². The van der Waals surface area contributed by atoms with Crippen LogP contribution in [0.4, 0.5) is 24.9 Å². The average Bonchev–Trinajstić information content (AvgIpc) is 2.66. The highest BCUT2D eigenvalue weighted by Gasteiger charge is 2.35. The van der Waals surface area contributed by atoms with Crippen molar-refractivity contribution in [2.24, 2.45) is 0 Å². The number of methoxy groups -OCH3 is 1. The van der Waals surface area contributed by atoms with E-state index in [2.05, 4.69) is 26.8 Å². The Balaban J connectivity index is 2.23. The Kier molecular flexibility index (Phi) is 5.28. The van der Waals surface area contributed by atoms with E-state index in [1.54, 1.807) is 19.1 Å². The highest BCUT2D eigenvalue weighted by atomic mass is 19.4. The number of anilines is 2. The third-order valence-electron chi connectivity index (χ3n) is 4.01. The predicted octanol–water partition coefficient (Wildman–Crippen LogP) is 3.44. The Morgan fingerprint density at radius 3 is 2.41 bits per heavy atom. The predicted molar refractivity (Wildman–Crippen MR) is 103 cm³/mol. The van der Waals surface area contributed by atoms with Crippen molar-refractivity contribution in [3.63, 3.8) is 0 Å². The van der Waals surface area contributed by atoms with Gasteiger partial charge in [0.1, 0.15) is 11.6 Å². The number of hydrogen-bond acceptors (Lipinski definition) is 6. The van der Waals surface area contributed by atoms with Crippen LogP contribution in [0.15, 0.2) is 36.5 Å². The van der Waals surface area contributed by atoms with Crippen LogP contribution in [-0.4, -0.2) is 22.1 Å². The molecule has 0 aliphatic heterocycles. The van der Waals surface area contributed by atoms with E-state index in [0.29, 0.717) is 22.6 Å². The summed E-state index contributed by atoms with van der Waals surface area (Å²) in [7, 11) is 1.16. The molecule has 29 heavy (non-hydrogen) atoms. The van der Waals surface area contributed by atoms with Crippen molar-refractivity contribution in [3.05, 3.63) is 58.9 Å². The number of benzene rings is 1. The van der Waals surface area contributed by atoms with Gasteiger partial charge in [0.25, 0.3) is 0 Å². The number of nitrogens with two attached hydrogens (primary N) is 2. The number of aryl methyl sites for hydroxylation is 1. The van der Waals surface area contributed by atoms with Crippen LogP contribution in [0.3, 0.4) is 0 Å². The molecule has 6 nitrogen and oxygen atoms in total. The van der Waals surface area contributed by atoms with Crippen molar-refractivity contribution in [1.29, 1.82) is 0 Å². The van der Waals surface area contributed by atoms with Crippen molar-refractivity contribution < 1.29 is 17.9 Å². The summed E-state index contributed by atoms with van der Waals surface area (Å²) >= 11 is 0. The summed E-state index contributed by atoms with van der Waals surface area (Å²) in [6.45, 7) is 1.65. The molecule has 0 atom stereocenters. The van der Waals surface area contributed by atoms with Crippen molar-refractivity contribution in [3.8, 4) is 28.8 Å². The molecule has 2 aromatic heterocycles. The second-order valence-corrected chi connectivity index (χ2v) is 6.00. The molecule has 9 heteroatoms. The van der Waals surface area contributed by atoms with Crippen LogP contribution < -0.4 is 16.2 Å². The number of para-hydroxylation sites is 1.